The number of rotatable bonds is 2. The Morgan fingerprint density at radius 2 is 1.67 bits per heavy atom. The van der Waals surface area contributed by atoms with Gasteiger partial charge >= 0.3 is 11.9 Å². The molecule has 1 aliphatic heterocycles. The molecule has 1 heterocycles. The average molecular weight is 362 g/mol. The first kappa shape index (κ1) is 16.3. The minimum atomic E-state index is -1.17. The third-order valence-corrected chi connectivity index (χ3v) is 6.11. The molecule has 1 spiro atoms. The van der Waals surface area contributed by atoms with Crippen molar-refractivity contribution in [1.82, 2.24) is 0 Å². The fourth-order valence-electron chi connectivity index (χ4n) is 5.07. The predicted molar refractivity (Wildman–Crippen MR) is 99.3 cm³/mol. The van der Waals surface area contributed by atoms with Gasteiger partial charge in [-0.3, -0.25) is 9.59 Å². The van der Waals surface area contributed by atoms with Crippen LogP contribution in [0, 0.1) is 5.92 Å². The number of aliphatic hydroxyl groups excluding tert-OH is 1. The van der Waals surface area contributed by atoms with Gasteiger partial charge in [0.05, 0.1) is 13.7 Å². The van der Waals surface area contributed by atoms with Crippen LogP contribution in [0.2, 0.25) is 0 Å². The molecule has 136 valence electrons. The van der Waals surface area contributed by atoms with E-state index in [0.29, 0.717) is 6.42 Å². The monoisotopic (exact) mass is 362 g/mol. The molecule has 0 radical (unpaired) electrons. The minimum Gasteiger partial charge on any atom is -0.469 e. The molecule has 5 heteroatoms. The Kier molecular flexibility index (Phi) is 3.34. The van der Waals surface area contributed by atoms with E-state index in [0.717, 1.165) is 32.7 Å². The summed E-state index contributed by atoms with van der Waals surface area (Å²) in [6.07, 6.45) is -0.539. The van der Waals surface area contributed by atoms with Crippen molar-refractivity contribution in [2.75, 3.05) is 13.7 Å². The smallest absolute Gasteiger partial charge is 0.318 e. The predicted octanol–water partition coefficient (Wildman–Crippen LogP) is 2.49. The number of esters is 2. The third-order valence-electron chi connectivity index (χ3n) is 6.11. The Morgan fingerprint density at radius 1 is 1.11 bits per heavy atom. The Bertz CT molecular complexity index is 1060. The lowest BCUT2D eigenvalue weighted by atomic mass is 9.59. The van der Waals surface area contributed by atoms with Gasteiger partial charge < -0.3 is 14.6 Å². The summed E-state index contributed by atoms with van der Waals surface area (Å²) in [5.41, 5.74) is 0.666. The van der Waals surface area contributed by atoms with Gasteiger partial charge in [0.25, 0.3) is 0 Å². The van der Waals surface area contributed by atoms with Crippen molar-refractivity contribution in [3.8, 4) is 0 Å². The van der Waals surface area contributed by atoms with Crippen LogP contribution >= 0.6 is 0 Å². The molecule has 1 fully saturated rings. The second-order valence-electron chi connectivity index (χ2n) is 7.22. The van der Waals surface area contributed by atoms with E-state index in [-0.39, 0.29) is 0 Å². The van der Waals surface area contributed by atoms with Crippen molar-refractivity contribution < 1.29 is 24.2 Å². The molecule has 3 aromatic rings. The molecule has 1 saturated heterocycles. The zero-order valence-corrected chi connectivity index (χ0v) is 14.8. The summed E-state index contributed by atoms with van der Waals surface area (Å²) >= 11 is 0. The number of hydrogen-bond donors (Lipinski definition) is 1. The summed E-state index contributed by atoms with van der Waals surface area (Å²) in [7, 11) is 1.30. The molecule has 5 nitrogen and oxygen atoms in total. The maximum atomic E-state index is 13.2. The summed E-state index contributed by atoms with van der Waals surface area (Å²) in [5, 5.41) is 13.8. The lowest BCUT2D eigenvalue weighted by molar-refractivity contribution is -0.149. The number of carbonyl (C=O) groups excluding carboxylic acids is 2. The summed E-state index contributed by atoms with van der Waals surface area (Å²) in [6.45, 7) is -0.417. The third kappa shape index (κ3) is 1.87. The lowest BCUT2D eigenvalue weighted by Gasteiger charge is -2.39. The van der Waals surface area contributed by atoms with E-state index in [1.54, 1.807) is 0 Å². The molecule has 27 heavy (non-hydrogen) atoms. The lowest BCUT2D eigenvalue weighted by Crippen LogP contribution is -2.48. The van der Waals surface area contributed by atoms with Crippen LogP contribution in [0.15, 0.2) is 48.5 Å². The highest BCUT2D eigenvalue weighted by Crippen LogP contribution is 2.55. The number of cyclic esters (lactones) is 1. The van der Waals surface area contributed by atoms with Gasteiger partial charge in [-0.2, -0.15) is 0 Å². The van der Waals surface area contributed by atoms with Crippen molar-refractivity contribution in [3.05, 3.63) is 59.7 Å². The summed E-state index contributed by atoms with van der Waals surface area (Å²) in [4.78, 5) is 25.9. The standard InChI is InChI=1S/C22H18O5/c1-26-20(24)19-17(11-23)27-21(25)22(19)10-16-12-6-2-4-8-14(12)18(22)15-9-5-3-7-13(15)16/h2-9,17,19,23H,10-11H2,1H3/t17-,19-,22+/m1/s1. The van der Waals surface area contributed by atoms with E-state index in [4.69, 9.17) is 9.47 Å². The van der Waals surface area contributed by atoms with Crippen LogP contribution in [0.5, 0.6) is 0 Å². The second-order valence-corrected chi connectivity index (χ2v) is 7.22. The Balaban J connectivity index is 1.93. The number of carbonyl (C=O) groups is 2. The number of benzene rings is 3. The second kappa shape index (κ2) is 5.54. The van der Waals surface area contributed by atoms with Crippen LogP contribution in [-0.4, -0.2) is 36.9 Å². The molecule has 3 aromatic carbocycles. The largest absolute Gasteiger partial charge is 0.469 e. The van der Waals surface area contributed by atoms with Crippen LogP contribution < -0.4 is 0 Å². The summed E-state index contributed by atoms with van der Waals surface area (Å²) < 4.78 is 10.5. The Hall–Kier alpha value is -2.92. The highest BCUT2D eigenvalue weighted by Gasteiger charge is 2.64. The Morgan fingerprint density at radius 3 is 2.19 bits per heavy atom. The zero-order chi connectivity index (χ0) is 18.8. The van der Waals surface area contributed by atoms with Gasteiger partial charge in [-0.1, -0.05) is 48.5 Å². The van der Waals surface area contributed by atoms with E-state index in [9.17, 15) is 14.7 Å². The van der Waals surface area contributed by atoms with Gasteiger partial charge in [0.2, 0.25) is 0 Å². The molecule has 6 rings (SSSR count). The van der Waals surface area contributed by atoms with Crippen LogP contribution in [0.3, 0.4) is 0 Å². The van der Waals surface area contributed by atoms with Crippen molar-refractivity contribution >= 4 is 33.5 Å². The topological polar surface area (TPSA) is 72.8 Å². The van der Waals surface area contributed by atoms with Gasteiger partial charge in [0.15, 0.2) is 0 Å². The first-order valence-electron chi connectivity index (χ1n) is 8.96. The van der Waals surface area contributed by atoms with Crippen molar-refractivity contribution in [2.24, 2.45) is 5.92 Å². The maximum Gasteiger partial charge on any atom is 0.318 e. The summed E-state index contributed by atoms with van der Waals surface area (Å²) in [6, 6.07) is 15.9. The van der Waals surface area contributed by atoms with Gasteiger partial charge in [-0.15, -0.1) is 0 Å². The average Bonchev–Trinajstić information content (AvgIpc) is 2.99. The van der Waals surface area contributed by atoms with Crippen LogP contribution in [0.1, 0.15) is 11.1 Å². The van der Waals surface area contributed by atoms with Crippen molar-refractivity contribution in [3.63, 3.8) is 0 Å². The van der Waals surface area contributed by atoms with Crippen LogP contribution in [-0.2, 0) is 30.9 Å². The normalized spacial score (nSPS) is 26.1. The molecule has 0 unspecified atom stereocenters. The van der Waals surface area contributed by atoms with E-state index in [2.05, 4.69) is 0 Å². The highest BCUT2D eigenvalue weighted by atomic mass is 16.6. The van der Waals surface area contributed by atoms with Crippen molar-refractivity contribution in [1.29, 1.82) is 0 Å². The SMILES string of the molecule is COC(=O)[C@H]1[C@@H](CO)OC(=O)[C@]12Cc1c3ccccc3c2c2ccccc12. The van der Waals surface area contributed by atoms with Gasteiger partial charge in [-0.05, 0) is 39.1 Å². The molecule has 0 amide bonds. The van der Waals surface area contributed by atoms with Gasteiger partial charge in [-0.25, -0.2) is 0 Å². The van der Waals surface area contributed by atoms with Gasteiger partial charge in [0, 0.05) is 0 Å². The van der Waals surface area contributed by atoms with E-state index in [1.807, 2.05) is 48.5 Å². The zero-order valence-electron chi connectivity index (χ0n) is 14.8. The van der Waals surface area contributed by atoms with Crippen molar-refractivity contribution in [2.45, 2.75) is 17.9 Å². The maximum absolute atomic E-state index is 13.2. The Labute approximate surface area is 155 Å². The highest BCUT2D eigenvalue weighted by molar-refractivity contribution is 6.14. The minimum absolute atomic E-state index is 0.367. The number of methoxy groups -OCH3 is 1. The number of hydrogen-bond acceptors (Lipinski definition) is 5. The fraction of sp³-hybridized carbons (Fsp3) is 0.273. The molecular formula is C22H18O5. The first-order chi connectivity index (χ1) is 13.1. The molecular weight excluding hydrogens is 344 g/mol. The molecule has 3 atom stereocenters. The van der Waals surface area contributed by atoms with E-state index >= 15 is 0 Å². The van der Waals surface area contributed by atoms with E-state index in [1.165, 1.54) is 7.11 Å². The first-order valence-corrected chi connectivity index (χ1v) is 8.96. The molecule has 0 saturated carbocycles. The molecule has 2 aliphatic carbocycles. The molecule has 0 aromatic heterocycles. The quantitative estimate of drug-likeness (QED) is 0.560. The van der Waals surface area contributed by atoms with Crippen LogP contribution in [0.4, 0.5) is 0 Å². The van der Waals surface area contributed by atoms with Crippen LogP contribution in [0.25, 0.3) is 21.5 Å². The number of ether oxygens (including phenoxy) is 2. The number of aliphatic hydroxyl groups is 1. The molecule has 3 aliphatic rings. The van der Waals surface area contributed by atoms with E-state index < -0.39 is 36.0 Å². The summed E-state index contributed by atoms with van der Waals surface area (Å²) in [5.74, 6) is -1.88. The molecule has 1 N–H and O–H groups in total. The fourth-order valence-corrected chi connectivity index (χ4v) is 5.07. The molecule has 2 bridgehead atoms. The van der Waals surface area contributed by atoms with Gasteiger partial charge in [0.1, 0.15) is 17.4 Å².